The number of aromatic nitrogens is 1. The summed E-state index contributed by atoms with van der Waals surface area (Å²) in [6, 6.07) is 4.01. The van der Waals surface area contributed by atoms with Crippen molar-refractivity contribution >= 4 is 16.9 Å². The largest absolute Gasteiger partial charge is 0.478 e. The van der Waals surface area contributed by atoms with E-state index in [9.17, 15) is 9.90 Å². The highest BCUT2D eigenvalue weighted by molar-refractivity contribution is 6.04. The summed E-state index contributed by atoms with van der Waals surface area (Å²) in [5.74, 6) is -0.134. The van der Waals surface area contributed by atoms with Crippen LogP contribution in [0.15, 0.2) is 18.3 Å². The summed E-state index contributed by atoms with van der Waals surface area (Å²) in [5.41, 5.74) is 3.63. The third kappa shape index (κ3) is 2.82. The SMILES string of the molecule is CCCn1cc(C(C)C)c2cc(C(C)C)cc(C(=O)O)c21. The number of aromatic carboxylic acids is 1. The van der Waals surface area contributed by atoms with Crippen LogP contribution in [-0.4, -0.2) is 15.6 Å². The van der Waals surface area contributed by atoms with Gasteiger partial charge in [0.25, 0.3) is 0 Å². The highest BCUT2D eigenvalue weighted by atomic mass is 16.4. The van der Waals surface area contributed by atoms with Crippen LogP contribution in [0.25, 0.3) is 10.9 Å². The van der Waals surface area contributed by atoms with E-state index in [1.807, 2.05) is 6.07 Å². The molecule has 0 aliphatic carbocycles. The monoisotopic (exact) mass is 287 g/mol. The van der Waals surface area contributed by atoms with Crippen LogP contribution < -0.4 is 0 Å². The second-order valence-electron chi connectivity index (χ2n) is 6.36. The van der Waals surface area contributed by atoms with E-state index < -0.39 is 5.97 Å². The van der Waals surface area contributed by atoms with Gasteiger partial charge in [-0.1, -0.05) is 34.6 Å². The Morgan fingerprint density at radius 2 is 1.86 bits per heavy atom. The van der Waals surface area contributed by atoms with Gasteiger partial charge in [-0.25, -0.2) is 4.79 Å². The fraction of sp³-hybridized carbons (Fsp3) is 0.500. The van der Waals surface area contributed by atoms with Gasteiger partial charge in [0.1, 0.15) is 0 Å². The van der Waals surface area contributed by atoms with Gasteiger partial charge in [-0.15, -0.1) is 0 Å². The third-order valence-electron chi connectivity index (χ3n) is 4.01. The number of carboxylic acid groups (broad SMARTS) is 1. The fourth-order valence-electron chi connectivity index (χ4n) is 2.86. The molecule has 0 spiro atoms. The van der Waals surface area contributed by atoms with Gasteiger partial charge < -0.3 is 9.67 Å². The summed E-state index contributed by atoms with van der Waals surface area (Å²) in [6.07, 6.45) is 3.13. The lowest BCUT2D eigenvalue weighted by Gasteiger charge is -2.11. The van der Waals surface area contributed by atoms with Crippen LogP contribution in [0.4, 0.5) is 0 Å². The van der Waals surface area contributed by atoms with Crippen LogP contribution in [-0.2, 0) is 6.54 Å². The van der Waals surface area contributed by atoms with Crippen LogP contribution >= 0.6 is 0 Å². The summed E-state index contributed by atoms with van der Waals surface area (Å²) in [7, 11) is 0. The van der Waals surface area contributed by atoms with Gasteiger partial charge in [-0.05, 0) is 41.5 Å². The van der Waals surface area contributed by atoms with Crippen LogP contribution in [0.2, 0.25) is 0 Å². The molecule has 0 fully saturated rings. The number of fused-ring (bicyclic) bond motifs is 1. The molecule has 1 aromatic carbocycles. The van der Waals surface area contributed by atoms with Gasteiger partial charge in [0.15, 0.2) is 0 Å². The van der Waals surface area contributed by atoms with Gasteiger partial charge in [-0.2, -0.15) is 0 Å². The zero-order chi connectivity index (χ0) is 15.7. The number of benzene rings is 1. The first-order chi connectivity index (χ1) is 9.86. The number of carbonyl (C=O) groups is 1. The Labute approximate surface area is 126 Å². The maximum Gasteiger partial charge on any atom is 0.337 e. The van der Waals surface area contributed by atoms with Crippen LogP contribution in [0.5, 0.6) is 0 Å². The molecule has 0 saturated carbocycles. The minimum Gasteiger partial charge on any atom is -0.478 e. The molecule has 2 aromatic rings. The number of hydrogen-bond donors (Lipinski definition) is 1. The molecular weight excluding hydrogens is 262 g/mol. The van der Waals surface area contributed by atoms with Gasteiger partial charge in [-0.3, -0.25) is 0 Å². The molecule has 114 valence electrons. The fourth-order valence-corrected chi connectivity index (χ4v) is 2.86. The molecule has 0 atom stereocenters. The van der Waals surface area contributed by atoms with Gasteiger partial charge in [0, 0.05) is 18.1 Å². The van der Waals surface area contributed by atoms with Crippen molar-refractivity contribution in [2.75, 3.05) is 0 Å². The van der Waals surface area contributed by atoms with E-state index in [0.29, 0.717) is 17.4 Å². The number of nitrogens with zero attached hydrogens (tertiary/aromatic N) is 1. The average molecular weight is 287 g/mol. The topological polar surface area (TPSA) is 42.2 Å². The molecule has 2 rings (SSSR count). The van der Waals surface area contributed by atoms with E-state index in [-0.39, 0.29) is 0 Å². The smallest absolute Gasteiger partial charge is 0.337 e. The number of aryl methyl sites for hydroxylation is 1. The molecule has 0 aliphatic heterocycles. The van der Waals surface area contributed by atoms with Crippen LogP contribution in [0.1, 0.15) is 74.4 Å². The Bertz CT molecular complexity index is 665. The summed E-state index contributed by atoms with van der Waals surface area (Å²) >= 11 is 0. The molecule has 0 unspecified atom stereocenters. The molecule has 0 radical (unpaired) electrons. The van der Waals surface area contributed by atoms with E-state index >= 15 is 0 Å². The molecule has 0 aliphatic rings. The van der Waals surface area contributed by atoms with Gasteiger partial charge >= 0.3 is 5.97 Å². The molecule has 21 heavy (non-hydrogen) atoms. The number of carboxylic acids is 1. The lowest BCUT2D eigenvalue weighted by Crippen LogP contribution is -2.04. The van der Waals surface area contributed by atoms with E-state index in [1.165, 1.54) is 5.56 Å². The maximum atomic E-state index is 11.7. The van der Waals surface area contributed by atoms with Crippen molar-refractivity contribution in [3.63, 3.8) is 0 Å². The Balaban J connectivity index is 2.86. The van der Waals surface area contributed by atoms with E-state index in [0.717, 1.165) is 29.4 Å². The van der Waals surface area contributed by atoms with E-state index in [1.54, 1.807) is 0 Å². The van der Waals surface area contributed by atoms with Crippen molar-refractivity contribution < 1.29 is 9.90 Å². The van der Waals surface area contributed by atoms with E-state index in [2.05, 4.69) is 51.4 Å². The predicted molar refractivity (Wildman–Crippen MR) is 87.4 cm³/mol. The zero-order valence-corrected chi connectivity index (χ0v) is 13.6. The van der Waals surface area contributed by atoms with Crippen molar-refractivity contribution in [3.8, 4) is 0 Å². The Morgan fingerprint density at radius 1 is 1.19 bits per heavy atom. The molecule has 3 nitrogen and oxygen atoms in total. The first-order valence-electron chi connectivity index (χ1n) is 7.76. The minimum atomic E-state index is -0.840. The highest BCUT2D eigenvalue weighted by Crippen LogP contribution is 2.33. The summed E-state index contributed by atoms with van der Waals surface area (Å²) in [4.78, 5) is 11.7. The summed E-state index contributed by atoms with van der Waals surface area (Å²) in [6.45, 7) is 11.5. The third-order valence-corrected chi connectivity index (χ3v) is 4.01. The molecule has 1 aromatic heterocycles. The van der Waals surface area contributed by atoms with Crippen molar-refractivity contribution in [3.05, 3.63) is 35.0 Å². The van der Waals surface area contributed by atoms with Gasteiger partial charge in [0.2, 0.25) is 0 Å². The molecule has 1 N–H and O–H groups in total. The first kappa shape index (κ1) is 15.6. The number of rotatable bonds is 5. The van der Waals surface area contributed by atoms with Crippen LogP contribution in [0.3, 0.4) is 0 Å². The first-order valence-corrected chi connectivity index (χ1v) is 7.76. The minimum absolute atomic E-state index is 0.321. The van der Waals surface area contributed by atoms with Crippen molar-refractivity contribution in [2.24, 2.45) is 0 Å². The molecule has 0 amide bonds. The molecule has 0 bridgehead atoms. The number of hydrogen-bond acceptors (Lipinski definition) is 1. The predicted octanol–water partition coefficient (Wildman–Crippen LogP) is 5.00. The lowest BCUT2D eigenvalue weighted by atomic mass is 9.94. The van der Waals surface area contributed by atoms with Crippen molar-refractivity contribution in [1.29, 1.82) is 0 Å². The lowest BCUT2D eigenvalue weighted by molar-refractivity contribution is 0.0698. The normalized spacial score (nSPS) is 11.8. The van der Waals surface area contributed by atoms with Crippen molar-refractivity contribution in [1.82, 2.24) is 4.57 Å². The Morgan fingerprint density at radius 3 is 2.33 bits per heavy atom. The zero-order valence-electron chi connectivity index (χ0n) is 13.6. The Hall–Kier alpha value is -1.77. The van der Waals surface area contributed by atoms with E-state index in [4.69, 9.17) is 0 Å². The molecule has 1 heterocycles. The standard InChI is InChI=1S/C18H25NO2/c1-6-7-19-10-16(12(4)5)14-8-13(11(2)3)9-15(17(14)19)18(20)21/h8-12H,6-7H2,1-5H3,(H,20,21). The van der Waals surface area contributed by atoms with Crippen molar-refractivity contribution in [2.45, 2.75) is 59.4 Å². The average Bonchev–Trinajstić information content (AvgIpc) is 2.77. The summed E-state index contributed by atoms with van der Waals surface area (Å²) < 4.78 is 2.11. The van der Waals surface area contributed by atoms with Gasteiger partial charge in [0.05, 0.1) is 11.1 Å². The molecular formula is C18H25NO2. The van der Waals surface area contributed by atoms with Crippen LogP contribution in [0, 0.1) is 0 Å². The highest BCUT2D eigenvalue weighted by Gasteiger charge is 2.19. The Kier molecular flexibility index (Phi) is 4.40. The quantitative estimate of drug-likeness (QED) is 0.841. The molecule has 0 saturated heterocycles. The maximum absolute atomic E-state index is 11.7. The molecule has 3 heteroatoms. The second-order valence-corrected chi connectivity index (χ2v) is 6.36. The summed E-state index contributed by atoms with van der Waals surface area (Å²) in [5, 5.41) is 10.7. The second kappa shape index (κ2) is 5.92.